The van der Waals surface area contributed by atoms with Crippen LogP contribution in [0.15, 0.2) is 157 Å². The molecule has 1 aliphatic heterocycles. The van der Waals surface area contributed by atoms with Crippen molar-refractivity contribution in [1.82, 2.24) is 0 Å². The summed E-state index contributed by atoms with van der Waals surface area (Å²) in [5.41, 5.74) is 9.16. The third kappa shape index (κ3) is 3.80. The van der Waals surface area contributed by atoms with Crippen LogP contribution in [0.3, 0.4) is 0 Å². The van der Waals surface area contributed by atoms with Crippen LogP contribution in [0.5, 0.6) is 0 Å². The Kier molecular flexibility index (Phi) is 6.17. The number of rotatable bonds is 8. The van der Waals surface area contributed by atoms with Crippen molar-refractivity contribution >= 4 is 33.3 Å². The van der Waals surface area contributed by atoms with Gasteiger partial charge in [0.05, 0.1) is 5.69 Å². The number of benzene rings is 4. The first kappa shape index (κ1) is 24.5. The minimum Gasteiger partial charge on any atom is -0.456 e. The fourth-order valence-corrected chi connectivity index (χ4v) is 6.20. The van der Waals surface area contributed by atoms with Gasteiger partial charge in [-0.25, -0.2) is 0 Å². The maximum Gasteiger partial charge on any atom is 0.137 e. The number of allylic oxidation sites excluding steroid dienone is 5. The summed E-state index contributed by atoms with van der Waals surface area (Å²) in [5, 5.41) is 2.21. The van der Waals surface area contributed by atoms with Gasteiger partial charge in [0.2, 0.25) is 0 Å². The summed E-state index contributed by atoms with van der Waals surface area (Å²) in [5.74, 6) is 0. The standard InChI is InChI=1S/C37H31NO/c1-5-22-37(23-6-2)31(7-3)33(8-4)38(28-20-18-27(19-21-28)26-14-10-9-11-15-26)34-25-36-30(24-32(34)37)29-16-12-13-17-35(29)39-36/h5-21,24-25H,1-4,22-23H2. The van der Waals surface area contributed by atoms with E-state index in [2.05, 4.69) is 104 Å². The Balaban J connectivity index is 1.66. The number of anilines is 2. The van der Waals surface area contributed by atoms with Gasteiger partial charge in [-0.1, -0.05) is 92.0 Å². The number of furan rings is 1. The third-order valence-electron chi connectivity index (χ3n) is 7.90. The first-order valence-electron chi connectivity index (χ1n) is 13.3. The molecule has 1 aromatic heterocycles. The van der Waals surface area contributed by atoms with E-state index >= 15 is 0 Å². The highest BCUT2D eigenvalue weighted by molar-refractivity contribution is 6.07. The number of nitrogens with zero attached hydrogens (tertiary/aromatic N) is 1. The first-order chi connectivity index (χ1) is 19.1. The summed E-state index contributed by atoms with van der Waals surface area (Å²) in [4.78, 5) is 2.28. The van der Waals surface area contributed by atoms with E-state index in [9.17, 15) is 0 Å². The average molecular weight is 506 g/mol. The summed E-state index contributed by atoms with van der Waals surface area (Å²) < 4.78 is 6.36. The lowest BCUT2D eigenvalue weighted by Crippen LogP contribution is -2.37. The van der Waals surface area contributed by atoms with Gasteiger partial charge in [-0.15, -0.1) is 13.2 Å². The van der Waals surface area contributed by atoms with E-state index < -0.39 is 0 Å². The lowest BCUT2D eigenvalue weighted by atomic mass is 9.65. The van der Waals surface area contributed by atoms with E-state index in [4.69, 9.17) is 4.42 Å². The van der Waals surface area contributed by atoms with Crippen molar-refractivity contribution < 1.29 is 4.42 Å². The van der Waals surface area contributed by atoms with Crippen LogP contribution in [0.4, 0.5) is 11.4 Å². The summed E-state index contributed by atoms with van der Waals surface area (Å²) in [6, 6.07) is 31.8. The summed E-state index contributed by atoms with van der Waals surface area (Å²) in [6.45, 7) is 16.8. The van der Waals surface area contributed by atoms with Crippen LogP contribution in [-0.4, -0.2) is 0 Å². The van der Waals surface area contributed by atoms with Gasteiger partial charge in [0, 0.05) is 33.6 Å². The Hall–Kier alpha value is -4.82. The SMILES string of the molecule is C=CCC1(CC=C)C(C=C)=C(C=C)N(c2ccc(-c3ccccc3)cc2)c2cc3oc4ccccc4c3cc21. The third-order valence-corrected chi connectivity index (χ3v) is 7.90. The molecule has 0 saturated carbocycles. The highest BCUT2D eigenvalue weighted by Crippen LogP contribution is 2.54. The van der Waals surface area contributed by atoms with Crippen molar-refractivity contribution in [3.8, 4) is 11.1 Å². The van der Waals surface area contributed by atoms with Gasteiger partial charge in [-0.05, 0) is 65.4 Å². The van der Waals surface area contributed by atoms with E-state index in [1.165, 1.54) is 16.7 Å². The molecule has 0 spiro atoms. The zero-order valence-corrected chi connectivity index (χ0v) is 22.1. The van der Waals surface area contributed by atoms with Crippen LogP contribution in [0.2, 0.25) is 0 Å². The van der Waals surface area contributed by atoms with Crippen LogP contribution in [0, 0.1) is 0 Å². The molecule has 0 saturated heterocycles. The number of para-hydroxylation sites is 1. The molecule has 0 amide bonds. The van der Waals surface area contributed by atoms with Gasteiger partial charge in [-0.2, -0.15) is 0 Å². The molecule has 0 aliphatic carbocycles. The number of fused-ring (bicyclic) bond motifs is 4. The zero-order valence-electron chi connectivity index (χ0n) is 22.1. The molecular formula is C37H31NO. The second-order valence-electron chi connectivity index (χ2n) is 9.99. The molecule has 4 aromatic carbocycles. The molecule has 0 radical (unpaired) electrons. The Bertz CT molecular complexity index is 1760. The van der Waals surface area contributed by atoms with Gasteiger partial charge >= 0.3 is 0 Å². The molecule has 2 heteroatoms. The average Bonchev–Trinajstić information content (AvgIpc) is 3.34. The largest absolute Gasteiger partial charge is 0.456 e. The fraction of sp³-hybridized carbons (Fsp3) is 0.0811. The van der Waals surface area contributed by atoms with E-state index in [1.54, 1.807) is 0 Å². The lowest BCUT2D eigenvalue weighted by molar-refractivity contribution is 0.517. The predicted molar refractivity (Wildman–Crippen MR) is 166 cm³/mol. The van der Waals surface area contributed by atoms with Crippen LogP contribution < -0.4 is 4.90 Å². The van der Waals surface area contributed by atoms with Gasteiger partial charge in [-0.3, -0.25) is 0 Å². The molecule has 0 atom stereocenters. The quantitative estimate of drug-likeness (QED) is 0.195. The Morgan fingerprint density at radius 3 is 2.00 bits per heavy atom. The lowest BCUT2D eigenvalue weighted by Gasteiger charge is -2.45. The second-order valence-corrected chi connectivity index (χ2v) is 9.99. The van der Waals surface area contributed by atoms with Crippen molar-refractivity contribution in [3.05, 3.63) is 158 Å². The number of hydrogen-bond acceptors (Lipinski definition) is 2. The molecule has 0 fully saturated rings. The van der Waals surface area contributed by atoms with Crippen molar-refractivity contribution in [2.75, 3.05) is 4.90 Å². The monoisotopic (exact) mass is 505 g/mol. The van der Waals surface area contributed by atoms with Gasteiger partial charge in [0.15, 0.2) is 0 Å². The number of hydrogen-bond donors (Lipinski definition) is 0. The molecule has 2 heterocycles. The maximum absolute atomic E-state index is 6.36. The minimum atomic E-state index is -0.378. The van der Waals surface area contributed by atoms with Gasteiger partial charge in [0.25, 0.3) is 0 Å². The molecule has 39 heavy (non-hydrogen) atoms. The molecule has 190 valence electrons. The highest BCUT2D eigenvalue weighted by atomic mass is 16.3. The Morgan fingerprint density at radius 2 is 1.33 bits per heavy atom. The van der Waals surface area contributed by atoms with Crippen LogP contribution >= 0.6 is 0 Å². The molecule has 5 aromatic rings. The highest BCUT2D eigenvalue weighted by Gasteiger charge is 2.42. The van der Waals surface area contributed by atoms with Crippen molar-refractivity contribution in [2.24, 2.45) is 0 Å². The van der Waals surface area contributed by atoms with E-state index in [0.717, 1.165) is 57.4 Å². The molecule has 1 aliphatic rings. The topological polar surface area (TPSA) is 16.4 Å². The molecule has 0 bridgehead atoms. The molecule has 2 nitrogen and oxygen atoms in total. The fourth-order valence-electron chi connectivity index (χ4n) is 6.20. The molecular weight excluding hydrogens is 474 g/mol. The minimum absolute atomic E-state index is 0.378. The van der Waals surface area contributed by atoms with Crippen LogP contribution in [-0.2, 0) is 5.41 Å². The summed E-state index contributed by atoms with van der Waals surface area (Å²) in [6.07, 6.45) is 9.41. The van der Waals surface area contributed by atoms with E-state index in [1.807, 2.05) is 42.5 Å². The van der Waals surface area contributed by atoms with Gasteiger partial charge in [0.1, 0.15) is 11.2 Å². The second kappa shape index (κ2) is 9.81. The summed E-state index contributed by atoms with van der Waals surface area (Å²) >= 11 is 0. The first-order valence-corrected chi connectivity index (χ1v) is 13.3. The predicted octanol–water partition coefficient (Wildman–Crippen LogP) is 10.4. The molecule has 6 rings (SSSR count). The van der Waals surface area contributed by atoms with Crippen molar-refractivity contribution in [3.63, 3.8) is 0 Å². The normalized spacial score (nSPS) is 14.3. The van der Waals surface area contributed by atoms with E-state index in [0.29, 0.717) is 0 Å². The smallest absolute Gasteiger partial charge is 0.137 e. The Labute approximate surface area is 230 Å². The zero-order chi connectivity index (χ0) is 27.0. The molecule has 0 N–H and O–H groups in total. The van der Waals surface area contributed by atoms with Crippen LogP contribution in [0.1, 0.15) is 18.4 Å². The van der Waals surface area contributed by atoms with E-state index in [-0.39, 0.29) is 5.41 Å². The summed E-state index contributed by atoms with van der Waals surface area (Å²) in [7, 11) is 0. The maximum atomic E-state index is 6.36. The Morgan fingerprint density at radius 1 is 0.667 bits per heavy atom. The van der Waals surface area contributed by atoms with Gasteiger partial charge < -0.3 is 9.32 Å². The van der Waals surface area contributed by atoms with Crippen molar-refractivity contribution in [2.45, 2.75) is 18.3 Å². The van der Waals surface area contributed by atoms with Crippen LogP contribution in [0.25, 0.3) is 33.1 Å². The van der Waals surface area contributed by atoms with Crippen molar-refractivity contribution in [1.29, 1.82) is 0 Å². The molecule has 0 unspecified atom stereocenters.